The molecule has 1 atom stereocenters. The van der Waals surface area contributed by atoms with Crippen molar-refractivity contribution in [2.45, 2.75) is 6.42 Å². The number of sulfone groups is 1. The van der Waals surface area contributed by atoms with Gasteiger partial charge in [0.1, 0.15) is 0 Å². The third-order valence-corrected chi connectivity index (χ3v) is 5.47. The summed E-state index contributed by atoms with van der Waals surface area (Å²) in [5.74, 6) is 0.826. The normalized spacial score (nSPS) is 19.4. The second kappa shape index (κ2) is 6.37. The van der Waals surface area contributed by atoms with E-state index >= 15 is 0 Å². The zero-order valence-electron chi connectivity index (χ0n) is 12.3. The number of hydrogen-bond acceptors (Lipinski definition) is 5. The fraction of sp³-hybridized carbons (Fsp3) is 0.357. The third-order valence-electron chi connectivity index (χ3n) is 3.63. The van der Waals surface area contributed by atoms with Crippen molar-refractivity contribution in [3.63, 3.8) is 0 Å². The molecule has 3 rings (SSSR count). The molecule has 1 aliphatic heterocycles. The SMILES string of the molecule is O=C(NC[C@@H]1CCS(=O)(=O)C1)Nc1cccnc1-n1cccn1. The van der Waals surface area contributed by atoms with Crippen molar-refractivity contribution in [1.29, 1.82) is 0 Å². The zero-order valence-corrected chi connectivity index (χ0v) is 13.2. The number of rotatable bonds is 4. The summed E-state index contributed by atoms with van der Waals surface area (Å²) in [6, 6.07) is 4.81. The average Bonchev–Trinajstić information content (AvgIpc) is 3.15. The van der Waals surface area contributed by atoms with Crippen LogP contribution in [0.5, 0.6) is 0 Å². The van der Waals surface area contributed by atoms with E-state index in [1.807, 2.05) is 0 Å². The molecule has 0 unspecified atom stereocenters. The molecule has 1 saturated heterocycles. The summed E-state index contributed by atoms with van der Waals surface area (Å²) in [7, 11) is -2.93. The molecule has 0 bridgehead atoms. The summed E-state index contributed by atoms with van der Waals surface area (Å²) in [5, 5.41) is 9.53. The fourth-order valence-electron chi connectivity index (χ4n) is 2.51. The van der Waals surface area contributed by atoms with Gasteiger partial charge in [0.25, 0.3) is 0 Å². The quantitative estimate of drug-likeness (QED) is 0.860. The van der Waals surface area contributed by atoms with Gasteiger partial charge < -0.3 is 10.6 Å². The number of aromatic nitrogens is 3. The van der Waals surface area contributed by atoms with E-state index in [-0.39, 0.29) is 17.4 Å². The van der Waals surface area contributed by atoms with Gasteiger partial charge >= 0.3 is 6.03 Å². The lowest BCUT2D eigenvalue weighted by atomic mass is 10.1. The molecule has 2 aromatic rings. The Kier molecular flexibility index (Phi) is 4.28. The standard InChI is InChI=1S/C14H17N5O3S/c20-14(16-9-11-4-8-23(21,22)10-11)18-12-3-1-5-15-13(12)19-7-2-6-17-19/h1-3,5-7,11H,4,8-10H2,(H2,16,18,20)/t11-/m0/s1. The minimum absolute atomic E-state index is 0.0229. The number of hydrogen-bond donors (Lipinski definition) is 2. The van der Waals surface area contributed by atoms with Crippen molar-refractivity contribution in [3.05, 3.63) is 36.8 Å². The van der Waals surface area contributed by atoms with E-state index < -0.39 is 15.9 Å². The Balaban J connectivity index is 1.61. The van der Waals surface area contributed by atoms with Crippen molar-refractivity contribution in [2.75, 3.05) is 23.4 Å². The van der Waals surface area contributed by atoms with Crippen LogP contribution in [-0.2, 0) is 9.84 Å². The highest BCUT2D eigenvalue weighted by molar-refractivity contribution is 7.91. The molecular formula is C14H17N5O3S. The van der Waals surface area contributed by atoms with Crippen LogP contribution in [0.15, 0.2) is 36.8 Å². The number of carbonyl (C=O) groups excluding carboxylic acids is 1. The lowest BCUT2D eigenvalue weighted by molar-refractivity contribution is 0.250. The molecule has 1 fully saturated rings. The highest BCUT2D eigenvalue weighted by atomic mass is 32.2. The van der Waals surface area contributed by atoms with Crippen molar-refractivity contribution >= 4 is 21.6 Å². The van der Waals surface area contributed by atoms with Gasteiger partial charge in [-0.1, -0.05) is 0 Å². The number of anilines is 1. The van der Waals surface area contributed by atoms with E-state index in [2.05, 4.69) is 20.7 Å². The van der Waals surface area contributed by atoms with Crippen molar-refractivity contribution in [2.24, 2.45) is 5.92 Å². The fourth-order valence-corrected chi connectivity index (χ4v) is 4.37. The highest BCUT2D eigenvalue weighted by Gasteiger charge is 2.27. The third kappa shape index (κ3) is 3.86. The van der Waals surface area contributed by atoms with E-state index in [4.69, 9.17) is 0 Å². The molecule has 2 aromatic heterocycles. The molecule has 2 N–H and O–H groups in total. The molecule has 9 heteroatoms. The Morgan fingerprint density at radius 3 is 2.91 bits per heavy atom. The Morgan fingerprint density at radius 1 is 1.35 bits per heavy atom. The first-order chi connectivity index (χ1) is 11.0. The number of amides is 2. The number of pyridine rings is 1. The van der Waals surface area contributed by atoms with Gasteiger partial charge in [0, 0.05) is 25.1 Å². The smallest absolute Gasteiger partial charge is 0.319 e. The lowest BCUT2D eigenvalue weighted by Crippen LogP contribution is -2.33. The molecular weight excluding hydrogens is 318 g/mol. The molecule has 1 aliphatic rings. The van der Waals surface area contributed by atoms with Crippen LogP contribution < -0.4 is 10.6 Å². The van der Waals surface area contributed by atoms with Crippen molar-refractivity contribution in [3.8, 4) is 5.82 Å². The Morgan fingerprint density at radius 2 is 2.22 bits per heavy atom. The predicted molar refractivity (Wildman–Crippen MR) is 85.1 cm³/mol. The lowest BCUT2D eigenvalue weighted by Gasteiger charge is -2.13. The van der Waals surface area contributed by atoms with E-state index in [0.29, 0.717) is 24.5 Å². The van der Waals surface area contributed by atoms with Crippen molar-refractivity contribution < 1.29 is 13.2 Å². The molecule has 3 heterocycles. The Bertz CT molecular complexity index is 789. The summed E-state index contributed by atoms with van der Waals surface area (Å²) >= 11 is 0. The predicted octanol–water partition coefficient (Wildman–Crippen LogP) is 0.823. The first kappa shape index (κ1) is 15.5. The van der Waals surface area contributed by atoms with Crippen LogP contribution in [-0.4, -0.2) is 47.3 Å². The Labute approximate surface area is 133 Å². The van der Waals surface area contributed by atoms with E-state index in [1.54, 1.807) is 41.5 Å². The van der Waals surface area contributed by atoms with Gasteiger partial charge in [0.15, 0.2) is 15.7 Å². The van der Waals surface area contributed by atoms with Crippen LogP contribution >= 0.6 is 0 Å². The first-order valence-corrected chi connectivity index (χ1v) is 9.06. The summed E-state index contributed by atoms with van der Waals surface area (Å²) in [5.41, 5.74) is 0.521. The highest BCUT2D eigenvalue weighted by Crippen LogP contribution is 2.18. The molecule has 0 aromatic carbocycles. The van der Waals surface area contributed by atoms with E-state index in [1.165, 1.54) is 0 Å². The van der Waals surface area contributed by atoms with Gasteiger partial charge in [0.05, 0.1) is 17.2 Å². The molecule has 0 aliphatic carbocycles. The molecule has 0 saturated carbocycles. The minimum atomic E-state index is -2.93. The number of nitrogens with zero attached hydrogens (tertiary/aromatic N) is 3. The summed E-state index contributed by atoms with van der Waals surface area (Å²) < 4.78 is 24.4. The second-order valence-corrected chi connectivity index (χ2v) is 7.66. The van der Waals surface area contributed by atoms with Gasteiger partial charge in [0.2, 0.25) is 0 Å². The number of carbonyl (C=O) groups is 1. The van der Waals surface area contributed by atoms with Gasteiger partial charge in [-0.05, 0) is 30.5 Å². The van der Waals surface area contributed by atoms with Gasteiger partial charge in [-0.2, -0.15) is 5.10 Å². The molecule has 8 nitrogen and oxygen atoms in total. The monoisotopic (exact) mass is 335 g/mol. The second-order valence-electron chi connectivity index (χ2n) is 5.43. The van der Waals surface area contributed by atoms with Gasteiger partial charge in [-0.25, -0.2) is 22.9 Å². The average molecular weight is 335 g/mol. The molecule has 0 radical (unpaired) electrons. The van der Waals surface area contributed by atoms with E-state index in [0.717, 1.165) is 0 Å². The van der Waals surface area contributed by atoms with E-state index in [9.17, 15) is 13.2 Å². The molecule has 0 spiro atoms. The number of nitrogens with one attached hydrogen (secondary N) is 2. The van der Waals surface area contributed by atoms with Gasteiger partial charge in [-0.15, -0.1) is 0 Å². The molecule has 23 heavy (non-hydrogen) atoms. The largest absolute Gasteiger partial charge is 0.338 e. The minimum Gasteiger partial charge on any atom is -0.338 e. The van der Waals surface area contributed by atoms with Crippen LogP contribution in [0.1, 0.15) is 6.42 Å². The maximum absolute atomic E-state index is 12.0. The van der Waals surface area contributed by atoms with Crippen LogP contribution in [0.3, 0.4) is 0 Å². The summed E-state index contributed by atoms with van der Waals surface area (Å²) in [6.45, 7) is 0.336. The first-order valence-electron chi connectivity index (χ1n) is 7.24. The summed E-state index contributed by atoms with van der Waals surface area (Å²) in [4.78, 5) is 16.2. The maximum atomic E-state index is 12.0. The number of urea groups is 1. The van der Waals surface area contributed by atoms with Crippen LogP contribution in [0.2, 0.25) is 0 Å². The van der Waals surface area contributed by atoms with Crippen LogP contribution in [0.25, 0.3) is 5.82 Å². The molecule has 2 amide bonds. The topological polar surface area (TPSA) is 106 Å². The van der Waals surface area contributed by atoms with Crippen LogP contribution in [0.4, 0.5) is 10.5 Å². The van der Waals surface area contributed by atoms with Crippen LogP contribution in [0, 0.1) is 5.92 Å². The Hall–Kier alpha value is -2.42. The van der Waals surface area contributed by atoms with Crippen molar-refractivity contribution in [1.82, 2.24) is 20.1 Å². The molecule has 122 valence electrons. The summed E-state index contributed by atoms with van der Waals surface area (Å²) in [6.07, 6.45) is 5.56. The maximum Gasteiger partial charge on any atom is 0.319 e. The van der Waals surface area contributed by atoms with Gasteiger partial charge in [-0.3, -0.25) is 0 Å². The zero-order chi connectivity index (χ0) is 16.3.